The molecule has 0 bridgehead atoms. The van der Waals surface area contributed by atoms with E-state index in [4.69, 9.17) is 11.6 Å². The summed E-state index contributed by atoms with van der Waals surface area (Å²) in [5, 5.41) is 4.26. The Hall–Kier alpha value is -0.530. The second-order valence-electron chi connectivity index (χ2n) is 3.89. The van der Waals surface area contributed by atoms with Crippen molar-refractivity contribution in [2.45, 2.75) is 25.7 Å². The molecule has 1 heterocycles. The van der Waals surface area contributed by atoms with Crippen molar-refractivity contribution in [1.82, 2.24) is 5.32 Å². The molecule has 0 aliphatic carbocycles. The van der Waals surface area contributed by atoms with Crippen molar-refractivity contribution in [1.29, 1.82) is 0 Å². The third-order valence-electron chi connectivity index (χ3n) is 2.99. The highest BCUT2D eigenvalue weighted by Gasteiger charge is 2.18. The fourth-order valence-electron chi connectivity index (χ4n) is 2.19. The minimum Gasteiger partial charge on any atom is -0.316 e. The van der Waals surface area contributed by atoms with Crippen molar-refractivity contribution in [3.63, 3.8) is 0 Å². The van der Waals surface area contributed by atoms with Gasteiger partial charge in [0.2, 0.25) is 0 Å². The van der Waals surface area contributed by atoms with Gasteiger partial charge in [-0.1, -0.05) is 24.6 Å². The predicted molar refractivity (Wildman–Crippen MR) is 61.1 cm³/mol. The lowest BCUT2D eigenvalue weighted by atomic mass is 9.92. The molecular weight excluding hydrogens is 194 g/mol. The lowest BCUT2D eigenvalue weighted by Crippen LogP contribution is -2.09. The first-order valence-corrected chi connectivity index (χ1v) is 5.68. The summed E-state index contributed by atoms with van der Waals surface area (Å²) in [4.78, 5) is 0. The van der Waals surface area contributed by atoms with Crippen LogP contribution in [-0.2, 0) is 6.42 Å². The second kappa shape index (κ2) is 4.33. The van der Waals surface area contributed by atoms with Crippen molar-refractivity contribution < 1.29 is 0 Å². The first-order valence-electron chi connectivity index (χ1n) is 5.30. The predicted octanol–water partition coefficient (Wildman–Crippen LogP) is 2.98. The van der Waals surface area contributed by atoms with Crippen LogP contribution < -0.4 is 5.32 Å². The van der Waals surface area contributed by atoms with E-state index in [0.29, 0.717) is 5.92 Å². The Morgan fingerprint density at radius 2 is 2.36 bits per heavy atom. The molecule has 2 heteroatoms. The third kappa shape index (κ3) is 1.94. The zero-order chi connectivity index (χ0) is 9.97. The van der Waals surface area contributed by atoms with Gasteiger partial charge in [-0.25, -0.2) is 0 Å². The van der Waals surface area contributed by atoms with Gasteiger partial charge in [-0.3, -0.25) is 0 Å². The molecule has 0 spiro atoms. The van der Waals surface area contributed by atoms with E-state index in [9.17, 15) is 0 Å². The summed E-state index contributed by atoms with van der Waals surface area (Å²) in [6.45, 7) is 4.45. The van der Waals surface area contributed by atoms with E-state index in [0.717, 1.165) is 24.5 Å². The van der Waals surface area contributed by atoms with Crippen LogP contribution >= 0.6 is 11.6 Å². The SMILES string of the molecule is CCc1ccc(Cl)cc1C1CCNC1. The Labute approximate surface area is 90.5 Å². The Balaban J connectivity index is 2.33. The zero-order valence-corrected chi connectivity index (χ0v) is 9.27. The average molecular weight is 210 g/mol. The van der Waals surface area contributed by atoms with E-state index < -0.39 is 0 Å². The van der Waals surface area contributed by atoms with E-state index in [1.54, 1.807) is 0 Å². The molecular formula is C12H16ClN. The van der Waals surface area contributed by atoms with Crippen molar-refractivity contribution in [2.75, 3.05) is 13.1 Å². The Morgan fingerprint density at radius 3 is 3.00 bits per heavy atom. The van der Waals surface area contributed by atoms with Gasteiger partial charge in [-0.05, 0) is 48.6 Å². The number of hydrogen-bond donors (Lipinski definition) is 1. The maximum atomic E-state index is 6.03. The molecule has 1 aliphatic rings. The van der Waals surface area contributed by atoms with E-state index in [2.05, 4.69) is 24.4 Å². The molecule has 1 unspecified atom stereocenters. The maximum absolute atomic E-state index is 6.03. The topological polar surface area (TPSA) is 12.0 Å². The molecule has 0 aromatic heterocycles. The average Bonchev–Trinajstić information content (AvgIpc) is 2.70. The smallest absolute Gasteiger partial charge is 0.0409 e. The van der Waals surface area contributed by atoms with Crippen molar-refractivity contribution in [3.8, 4) is 0 Å². The summed E-state index contributed by atoms with van der Waals surface area (Å²) < 4.78 is 0. The fraction of sp³-hybridized carbons (Fsp3) is 0.500. The van der Waals surface area contributed by atoms with Crippen LogP contribution in [0.3, 0.4) is 0 Å². The first kappa shape index (κ1) is 10.0. The van der Waals surface area contributed by atoms with Crippen LogP contribution in [0, 0.1) is 0 Å². The molecule has 14 heavy (non-hydrogen) atoms. The van der Waals surface area contributed by atoms with Gasteiger partial charge in [-0.2, -0.15) is 0 Å². The Morgan fingerprint density at radius 1 is 1.50 bits per heavy atom. The molecule has 1 N–H and O–H groups in total. The summed E-state index contributed by atoms with van der Waals surface area (Å²) in [7, 11) is 0. The first-order chi connectivity index (χ1) is 6.81. The van der Waals surface area contributed by atoms with Crippen molar-refractivity contribution in [3.05, 3.63) is 34.3 Å². The summed E-state index contributed by atoms with van der Waals surface area (Å²) in [6.07, 6.45) is 2.34. The minimum atomic E-state index is 0.670. The van der Waals surface area contributed by atoms with Crippen LogP contribution in [-0.4, -0.2) is 13.1 Å². The van der Waals surface area contributed by atoms with E-state index in [-0.39, 0.29) is 0 Å². The van der Waals surface area contributed by atoms with Crippen molar-refractivity contribution in [2.24, 2.45) is 0 Å². The van der Waals surface area contributed by atoms with Gasteiger partial charge in [0.05, 0.1) is 0 Å². The molecule has 0 amide bonds. The molecule has 1 nitrogen and oxygen atoms in total. The summed E-state index contributed by atoms with van der Waals surface area (Å²) in [6, 6.07) is 6.29. The van der Waals surface area contributed by atoms with Crippen LogP contribution in [0.25, 0.3) is 0 Å². The van der Waals surface area contributed by atoms with Crippen molar-refractivity contribution >= 4 is 11.6 Å². The Bertz CT molecular complexity index is 316. The molecule has 1 fully saturated rings. The number of aryl methyl sites for hydroxylation is 1. The summed E-state index contributed by atoms with van der Waals surface area (Å²) in [5.41, 5.74) is 2.90. The summed E-state index contributed by atoms with van der Waals surface area (Å²) >= 11 is 6.03. The largest absolute Gasteiger partial charge is 0.316 e. The van der Waals surface area contributed by atoms with Gasteiger partial charge in [-0.15, -0.1) is 0 Å². The fourth-order valence-corrected chi connectivity index (χ4v) is 2.37. The molecule has 1 saturated heterocycles. The number of nitrogens with one attached hydrogen (secondary N) is 1. The Kier molecular flexibility index (Phi) is 3.09. The van der Waals surface area contributed by atoms with E-state index >= 15 is 0 Å². The van der Waals surface area contributed by atoms with Crippen LogP contribution in [0.1, 0.15) is 30.4 Å². The minimum absolute atomic E-state index is 0.670. The monoisotopic (exact) mass is 209 g/mol. The van der Waals surface area contributed by atoms with Crippen LogP contribution in [0.15, 0.2) is 18.2 Å². The number of benzene rings is 1. The normalized spacial score (nSPS) is 21.4. The molecule has 0 saturated carbocycles. The van der Waals surface area contributed by atoms with Gasteiger partial charge in [0.1, 0.15) is 0 Å². The van der Waals surface area contributed by atoms with Crippen LogP contribution in [0.4, 0.5) is 0 Å². The highest BCUT2D eigenvalue weighted by Crippen LogP contribution is 2.28. The zero-order valence-electron chi connectivity index (χ0n) is 8.52. The highest BCUT2D eigenvalue weighted by atomic mass is 35.5. The number of rotatable bonds is 2. The second-order valence-corrected chi connectivity index (χ2v) is 4.32. The highest BCUT2D eigenvalue weighted by molar-refractivity contribution is 6.30. The van der Waals surface area contributed by atoms with Gasteiger partial charge in [0.25, 0.3) is 0 Å². The lowest BCUT2D eigenvalue weighted by Gasteiger charge is -2.14. The van der Waals surface area contributed by atoms with E-state index in [1.807, 2.05) is 6.07 Å². The quantitative estimate of drug-likeness (QED) is 0.790. The molecule has 1 atom stereocenters. The lowest BCUT2D eigenvalue weighted by molar-refractivity contribution is 0.752. The molecule has 1 aromatic carbocycles. The molecule has 2 rings (SSSR count). The van der Waals surface area contributed by atoms with Gasteiger partial charge < -0.3 is 5.32 Å². The third-order valence-corrected chi connectivity index (χ3v) is 3.22. The van der Waals surface area contributed by atoms with Gasteiger partial charge in [0.15, 0.2) is 0 Å². The summed E-state index contributed by atoms with van der Waals surface area (Å²) in [5.74, 6) is 0.670. The molecule has 0 radical (unpaired) electrons. The number of hydrogen-bond acceptors (Lipinski definition) is 1. The standard InChI is InChI=1S/C12H16ClN/c1-2-9-3-4-11(13)7-12(9)10-5-6-14-8-10/h3-4,7,10,14H,2,5-6,8H2,1H3. The maximum Gasteiger partial charge on any atom is 0.0409 e. The molecule has 1 aromatic rings. The van der Waals surface area contributed by atoms with Crippen LogP contribution in [0.5, 0.6) is 0 Å². The molecule has 76 valence electrons. The van der Waals surface area contributed by atoms with E-state index in [1.165, 1.54) is 17.5 Å². The number of halogens is 1. The van der Waals surface area contributed by atoms with Gasteiger partial charge >= 0.3 is 0 Å². The van der Waals surface area contributed by atoms with Crippen LogP contribution in [0.2, 0.25) is 5.02 Å². The molecule has 1 aliphatic heterocycles. The van der Waals surface area contributed by atoms with Gasteiger partial charge in [0, 0.05) is 11.6 Å².